The zero-order valence-electron chi connectivity index (χ0n) is 11.4. The van der Waals surface area contributed by atoms with Crippen LogP contribution >= 0.6 is 11.3 Å². The van der Waals surface area contributed by atoms with Crippen LogP contribution in [-0.2, 0) is 13.0 Å². The molecule has 0 aliphatic carbocycles. The summed E-state index contributed by atoms with van der Waals surface area (Å²) in [7, 11) is 0. The third-order valence-electron chi connectivity index (χ3n) is 3.31. The highest BCUT2D eigenvalue weighted by atomic mass is 32.1. The summed E-state index contributed by atoms with van der Waals surface area (Å²) < 4.78 is 0. The molecule has 2 aromatic rings. The second kappa shape index (κ2) is 6.17. The standard InChI is InChI=1S/C16H21NS/c1-12-6-7-15(9-13(12)2)11-17-14(3)10-16-5-4-8-18-16/h4-9,14,17H,10-11H2,1-3H3. The van der Waals surface area contributed by atoms with E-state index in [4.69, 9.17) is 0 Å². The highest BCUT2D eigenvalue weighted by Gasteiger charge is 2.04. The van der Waals surface area contributed by atoms with E-state index >= 15 is 0 Å². The molecule has 0 spiro atoms. The van der Waals surface area contributed by atoms with Crippen molar-refractivity contribution in [2.45, 2.75) is 39.8 Å². The Balaban J connectivity index is 1.85. The minimum atomic E-state index is 0.519. The first-order valence-corrected chi connectivity index (χ1v) is 7.35. The molecule has 1 aromatic carbocycles. The van der Waals surface area contributed by atoms with Crippen molar-refractivity contribution in [1.82, 2.24) is 5.32 Å². The molecule has 2 heteroatoms. The molecule has 0 saturated carbocycles. The van der Waals surface area contributed by atoms with Crippen molar-refractivity contribution in [3.05, 3.63) is 57.3 Å². The second-order valence-electron chi connectivity index (χ2n) is 4.98. The Kier molecular flexibility index (Phi) is 4.56. The van der Waals surface area contributed by atoms with E-state index < -0.39 is 0 Å². The van der Waals surface area contributed by atoms with Crippen molar-refractivity contribution in [2.24, 2.45) is 0 Å². The number of thiophene rings is 1. The normalized spacial score (nSPS) is 12.6. The Morgan fingerprint density at radius 3 is 2.67 bits per heavy atom. The average molecular weight is 259 g/mol. The van der Waals surface area contributed by atoms with E-state index in [2.05, 4.69) is 61.8 Å². The smallest absolute Gasteiger partial charge is 0.0208 e. The first-order valence-electron chi connectivity index (χ1n) is 6.47. The number of nitrogens with one attached hydrogen (secondary N) is 1. The Labute approximate surface area is 114 Å². The molecule has 1 unspecified atom stereocenters. The van der Waals surface area contributed by atoms with Gasteiger partial charge in [0.15, 0.2) is 0 Å². The minimum Gasteiger partial charge on any atom is -0.310 e. The molecule has 1 nitrogen and oxygen atoms in total. The molecule has 2 rings (SSSR count). The number of hydrogen-bond donors (Lipinski definition) is 1. The Hall–Kier alpha value is -1.12. The summed E-state index contributed by atoms with van der Waals surface area (Å²) in [5, 5.41) is 5.73. The zero-order chi connectivity index (χ0) is 13.0. The third kappa shape index (κ3) is 3.69. The summed E-state index contributed by atoms with van der Waals surface area (Å²) in [6.45, 7) is 7.54. The topological polar surface area (TPSA) is 12.0 Å². The van der Waals surface area contributed by atoms with E-state index in [1.54, 1.807) is 0 Å². The maximum Gasteiger partial charge on any atom is 0.0208 e. The SMILES string of the molecule is Cc1ccc(CNC(C)Cc2cccs2)cc1C. The Bertz CT molecular complexity index is 488. The Morgan fingerprint density at radius 2 is 2.00 bits per heavy atom. The van der Waals surface area contributed by atoms with E-state index in [1.165, 1.54) is 21.6 Å². The quantitative estimate of drug-likeness (QED) is 0.853. The number of hydrogen-bond acceptors (Lipinski definition) is 2. The molecule has 0 aliphatic rings. The monoisotopic (exact) mass is 259 g/mol. The molecule has 1 atom stereocenters. The number of rotatable bonds is 5. The predicted octanol–water partition coefficient (Wildman–Crippen LogP) is 4.09. The molecule has 0 aliphatic heterocycles. The first-order chi connectivity index (χ1) is 8.65. The van der Waals surface area contributed by atoms with E-state index in [0.29, 0.717) is 6.04 Å². The van der Waals surface area contributed by atoms with Crippen LogP contribution in [0.1, 0.15) is 28.5 Å². The van der Waals surface area contributed by atoms with Crippen LogP contribution < -0.4 is 5.32 Å². The van der Waals surface area contributed by atoms with Crippen LogP contribution in [0.4, 0.5) is 0 Å². The number of aryl methyl sites for hydroxylation is 2. The molecular formula is C16H21NS. The summed E-state index contributed by atoms with van der Waals surface area (Å²) >= 11 is 1.84. The summed E-state index contributed by atoms with van der Waals surface area (Å²) in [5.41, 5.74) is 4.11. The summed E-state index contributed by atoms with van der Waals surface area (Å²) in [6, 6.07) is 11.5. The van der Waals surface area contributed by atoms with Gasteiger partial charge in [-0.2, -0.15) is 0 Å². The predicted molar refractivity (Wildman–Crippen MR) is 80.2 cm³/mol. The molecule has 18 heavy (non-hydrogen) atoms. The van der Waals surface area contributed by atoms with Crippen molar-refractivity contribution in [2.75, 3.05) is 0 Å². The summed E-state index contributed by atoms with van der Waals surface area (Å²) in [5.74, 6) is 0. The molecule has 0 bridgehead atoms. The molecule has 0 saturated heterocycles. The molecule has 0 radical (unpaired) electrons. The van der Waals surface area contributed by atoms with Gasteiger partial charge in [-0.05, 0) is 55.3 Å². The van der Waals surface area contributed by atoms with E-state index in [-0.39, 0.29) is 0 Å². The maximum atomic E-state index is 3.59. The van der Waals surface area contributed by atoms with Crippen molar-refractivity contribution in [1.29, 1.82) is 0 Å². The molecular weight excluding hydrogens is 238 g/mol. The van der Waals surface area contributed by atoms with Gasteiger partial charge in [-0.15, -0.1) is 11.3 Å². The summed E-state index contributed by atoms with van der Waals surface area (Å²) in [6.07, 6.45) is 1.11. The lowest BCUT2D eigenvalue weighted by atomic mass is 10.1. The highest BCUT2D eigenvalue weighted by molar-refractivity contribution is 7.09. The van der Waals surface area contributed by atoms with Gasteiger partial charge in [0.25, 0.3) is 0 Å². The van der Waals surface area contributed by atoms with Crippen molar-refractivity contribution in [3.8, 4) is 0 Å². The van der Waals surface area contributed by atoms with Gasteiger partial charge in [0.1, 0.15) is 0 Å². The van der Waals surface area contributed by atoms with Gasteiger partial charge in [0.05, 0.1) is 0 Å². The van der Waals surface area contributed by atoms with E-state index in [9.17, 15) is 0 Å². The van der Waals surface area contributed by atoms with Gasteiger partial charge in [0.2, 0.25) is 0 Å². The van der Waals surface area contributed by atoms with Gasteiger partial charge in [0, 0.05) is 17.5 Å². The second-order valence-corrected chi connectivity index (χ2v) is 6.02. The van der Waals surface area contributed by atoms with Crippen LogP contribution in [0.2, 0.25) is 0 Å². The largest absolute Gasteiger partial charge is 0.310 e. The van der Waals surface area contributed by atoms with Crippen molar-refractivity contribution < 1.29 is 0 Å². The fourth-order valence-corrected chi connectivity index (χ4v) is 2.84. The molecule has 0 amide bonds. The first kappa shape index (κ1) is 13.3. The van der Waals surface area contributed by atoms with Crippen LogP contribution in [0, 0.1) is 13.8 Å². The third-order valence-corrected chi connectivity index (χ3v) is 4.21. The average Bonchev–Trinajstić information content (AvgIpc) is 2.83. The van der Waals surface area contributed by atoms with Crippen LogP contribution in [0.25, 0.3) is 0 Å². The number of benzene rings is 1. The molecule has 1 N–H and O–H groups in total. The highest BCUT2D eigenvalue weighted by Crippen LogP contribution is 2.12. The molecule has 96 valence electrons. The molecule has 1 aromatic heterocycles. The fraction of sp³-hybridized carbons (Fsp3) is 0.375. The fourth-order valence-electron chi connectivity index (χ4n) is 2.01. The van der Waals surface area contributed by atoms with Crippen molar-refractivity contribution >= 4 is 11.3 Å². The lowest BCUT2D eigenvalue weighted by Gasteiger charge is -2.13. The molecule has 0 fully saturated rings. The minimum absolute atomic E-state index is 0.519. The zero-order valence-corrected chi connectivity index (χ0v) is 12.2. The lowest BCUT2D eigenvalue weighted by molar-refractivity contribution is 0.548. The summed E-state index contributed by atoms with van der Waals surface area (Å²) in [4.78, 5) is 1.45. The van der Waals surface area contributed by atoms with Crippen LogP contribution in [0.5, 0.6) is 0 Å². The van der Waals surface area contributed by atoms with Gasteiger partial charge in [-0.25, -0.2) is 0 Å². The van der Waals surface area contributed by atoms with Gasteiger partial charge in [-0.1, -0.05) is 24.3 Å². The maximum absolute atomic E-state index is 3.59. The van der Waals surface area contributed by atoms with Crippen LogP contribution in [0.3, 0.4) is 0 Å². The Morgan fingerprint density at radius 1 is 1.17 bits per heavy atom. The lowest BCUT2D eigenvalue weighted by Crippen LogP contribution is -2.27. The van der Waals surface area contributed by atoms with Gasteiger partial charge >= 0.3 is 0 Å². The van der Waals surface area contributed by atoms with Gasteiger partial charge < -0.3 is 5.32 Å². The molecule has 1 heterocycles. The van der Waals surface area contributed by atoms with Crippen molar-refractivity contribution in [3.63, 3.8) is 0 Å². The van der Waals surface area contributed by atoms with E-state index in [0.717, 1.165) is 13.0 Å². The van der Waals surface area contributed by atoms with Crippen LogP contribution in [-0.4, -0.2) is 6.04 Å². The van der Waals surface area contributed by atoms with Gasteiger partial charge in [-0.3, -0.25) is 0 Å². The van der Waals surface area contributed by atoms with E-state index in [1.807, 2.05) is 11.3 Å². The van der Waals surface area contributed by atoms with Crippen LogP contribution in [0.15, 0.2) is 35.7 Å².